The minimum Gasteiger partial charge on any atom is -0.481 e. The van der Waals surface area contributed by atoms with Gasteiger partial charge in [-0.1, -0.05) is 11.8 Å². The molecule has 1 aromatic heterocycles. The Hall–Kier alpha value is -1.74. The highest BCUT2D eigenvalue weighted by atomic mass is 32.2. The number of aliphatic carboxylic acids is 1. The van der Waals surface area contributed by atoms with Crippen molar-refractivity contribution >= 4 is 29.1 Å². The molecule has 21 heavy (non-hydrogen) atoms. The topological polar surface area (TPSA) is 59.4 Å². The molecule has 0 spiro atoms. The van der Waals surface area contributed by atoms with E-state index in [4.69, 9.17) is 5.11 Å². The van der Waals surface area contributed by atoms with Crippen molar-refractivity contribution < 1.29 is 27.8 Å². The Morgan fingerprint density at radius 3 is 2.57 bits per heavy atom. The quantitative estimate of drug-likeness (QED) is 0.840. The van der Waals surface area contributed by atoms with Crippen LogP contribution in [0.4, 0.5) is 13.2 Å². The van der Waals surface area contributed by atoms with E-state index in [1.807, 2.05) is 0 Å². The number of carboxylic acid groups (broad SMARTS) is 1. The number of carbonyl (C=O) groups is 1. The molecule has 0 saturated heterocycles. The van der Waals surface area contributed by atoms with Crippen LogP contribution in [0.3, 0.4) is 0 Å². The first-order valence-corrected chi connectivity index (χ1v) is 7.36. The number of thioether (sulfide) groups is 1. The lowest BCUT2D eigenvalue weighted by Crippen LogP contribution is -2.16. The van der Waals surface area contributed by atoms with Gasteiger partial charge in [0.1, 0.15) is 5.75 Å². The maximum absolute atomic E-state index is 12.0. The molecule has 1 aromatic carbocycles. The number of hydrogen-bond donors (Lipinski definition) is 1. The highest BCUT2D eigenvalue weighted by Gasteiger charge is 2.30. The van der Waals surface area contributed by atoms with E-state index in [1.54, 1.807) is 5.38 Å². The number of aromatic nitrogens is 1. The van der Waals surface area contributed by atoms with Crippen LogP contribution in [0.15, 0.2) is 34.0 Å². The summed E-state index contributed by atoms with van der Waals surface area (Å²) >= 11 is 2.37. The zero-order valence-corrected chi connectivity index (χ0v) is 11.9. The van der Waals surface area contributed by atoms with Crippen LogP contribution in [0.5, 0.6) is 5.75 Å². The normalized spacial score (nSPS) is 11.4. The number of ether oxygens (including phenoxy) is 1. The summed E-state index contributed by atoms with van der Waals surface area (Å²) in [4.78, 5) is 14.7. The lowest BCUT2D eigenvalue weighted by molar-refractivity contribution is -0.274. The van der Waals surface area contributed by atoms with Crippen LogP contribution in [0.1, 0.15) is 0 Å². The summed E-state index contributed by atoms with van der Waals surface area (Å²) in [7, 11) is 0. The second-order valence-corrected chi connectivity index (χ2v) is 5.83. The number of nitrogens with zero attached hydrogens (tertiary/aromatic N) is 1. The van der Waals surface area contributed by atoms with Crippen LogP contribution >= 0.6 is 23.1 Å². The molecule has 0 radical (unpaired) electrons. The molecule has 1 N–H and O–H groups in total. The van der Waals surface area contributed by atoms with Crippen molar-refractivity contribution in [1.29, 1.82) is 0 Å². The number of halogens is 3. The summed E-state index contributed by atoms with van der Waals surface area (Å²) in [5.74, 6) is -1.34. The molecule has 0 atom stereocenters. The maximum Gasteiger partial charge on any atom is 0.573 e. The average molecular weight is 335 g/mol. The minimum absolute atomic E-state index is 0.0920. The summed E-state index contributed by atoms with van der Waals surface area (Å²) in [5.41, 5.74) is 1.20. The van der Waals surface area contributed by atoms with E-state index in [1.165, 1.54) is 35.6 Å². The SMILES string of the molecule is O=C(O)CSc1nc(-c2ccc(OC(F)(F)F)cc2)cs1. The summed E-state index contributed by atoms with van der Waals surface area (Å²) in [6, 6.07) is 5.32. The molecule has 0 aliphatic carbocycles. The van der Waals surface area contributed by atoms with Gasteiger partial charge in [-0.05, 0) is 24.3 Å². The van der Waals surface area contributed by atoms with Crippen molar-refractivity contribution in [1.82, 2.24) is 4.98 Å². The zero-order chi connectivity index (χ0) is 15.5. The molecule has 0 fully saturated rings. The molecule has 0 aliphatic rings. The molecule has 0 bridgehead atoms. The number of rotatable bonds is 5. The fraction of sp³-hybridized carbons (Fsp3) is 0.167. The van der Waals surface area contributed by atoms with Gasteiger partial charge in [-0.2, -0.15) is 0 Å². The molecule has 0 aliphatic heterocycles. The Kier molecular flexibility index (Phi) is 4.73. The third-order valence-corrected chi connectivity index (χ3v) is 4.19. The highest BCUT2D eigenvalue weighted by molar-refractivity contribution is 8.01. The number of alkyl halides is 3. The first-order chi connectivity index (χ1) is 9.83. The Morgan fingerprint density at radius 1 is 1.33 bits per heavy atom. The van der Waals surface area contributed by atoms with Gasteiger partial charge in [-0.25, -0.2) is 4.98 Å². The second kappa shape index (κ2) is 6.35. The Labute approximate surface area is 125 Å². The molecule has 0 unspecified atom stereocenters. The largest absolute Gasteiger partial charge is 0.573 e. The van der Waals surface area contributed by atoms with E-state index in [9.17, 15) is 18.0 Å². The third-order valence-electron chi connectivity index (χ3n) is 2.19. The predicted molar refractivity (Wildman–Crippen MR) is 72.6 cm³/mol. The maximum atomic E-state index is 12.0. The van der Waals surface area contributed by atoms with Gasteiger partial charge in [0.05, 0.1) is 11.4 Å². The molecule has 2 rings (SSSR count). The van der Waals surface area contributed by atoms with E-state index in [0.29, 0.717) is 15.6 Å². The zero-order valence-electron chi connectivity index (χ0n) is 10.3. The molecule has 4 nitrogen and oxygen atoms in total. The van der Waals surface area contributed by atoms with Crippen LogP contribution in [0.2, 0.25) is 0 Å². The lowest BCUT2D eigenvalue weighted by atomic mass is 10.2. The smallest absolute Gasteiger partial charge is 0.481 e. The van der Waals surface area contributed by atoms with Crippen LogP contribution in [0.25, 0.3) is 11.3 Å². The van der Waals surface area contributed by atoms with Gasteiger partial charge >= 0.3 is 12.3 Å². The molecular formula is C12H8F3NO3S2. The fourth-order valence-electron chi connectivity index (χ4n) is 1.41. The van der Waals surface area contributed by atoms with Crippen molar-refractivity contribution in [2.24, 2.45) is 0 Å². The van der Waals surface area contributed by atoms with Crippen molar-refractivity contribution in [3.05, 3.63) is 29.6 Å². The van der Waals surface area contributed by atoms with Gasteiger partial charge in [0.15, 0.2) is 4.34 Å². The van der Waals surface area contributed by atoms with Gasteiger partial charge in [-0.3, -0.25) is 4.79 Å². The Morgan fingerprint density at radius 2 is 2.00 bits per heavy atom. The second-order valence-electron chi connectivity index (χ2n) is 3.75. The van der Waals surface area contributed by atoms with Crippen LogP contribution < -0.4 is 4.74 Å². The van der Waals surface area contributed by atoms with E-state index in [-0.39, 0.29) is 11.5 Å². The molecule has 0 saturated carbocycles. The van der Waals surface area contributed by atoms with Crippen molar-refractivity contribution in [2.45, 2.75) is 10.7 Å². The van der Waals surface area contributed by atoms with Gasteiger partial charge in [0.25, 0.3) is 0 Å². The highest BCUT2D eigenvalue weighted by Crippen LogP contribution is 2.30. The van der Waals surface area contributed by atoms with E-state index in [2.05, 4.69) is 9.72 Å². The Bertz CT molecular complexity index is 625. The van der Waals surface area contributed by atoms with Gasteiger partial charge < -0.3 is 9.84 Å². The van der Waals surface area contributed by atoms with E-state index < -0.39 is 12.3 Å². The molecule has 0 amide bonds. The van der Waals surface area contributed by atoms with Crippen molar-refractivity contribution in [3.8, 4) is 17.0 Å². The van der Waals surface area contributed by atoms with Gasteiger partial charge in [0, 0.05) is 10.9 Å². The summed E-state index contributed by atoms with van der Waals surface area (Å²) < 4.78 is 40.5. The van der Waals surface area contributed by atoms with Crippen molar-refractivity contribution in [3.63, 3.8) is 0 Å². The predicted octanol–water partition coefficient (Wildman–Crippen LogP) is 3.89. The first-order valence-electron chi connectivity index (χ1n) is 5.50. The van der Waals surface area contributed by atoms with Gasteiger partial charge in [-0.15, -0.1) is 24.5 Å². The number of carboxylic acids is 1. The third kappa shape index (κ3) is 4.94. The number of benzene rings is 1. The van der Waals surface area contributed by atoms with Crippen LogP contribution in [-0.2, 0) is 4.79 Å². The standard InChI is InChI=1S/C12H8F3NO3S2/c13-12(14,15)19-8-3-1-7(2-4-8)9-5-20-11(16-9)21-6-10(17)18/h1-5H,6H2,(H,17,18). The molecule has 9 heteroatoms. The molecule has 1 heterocycles. The number of hydrogen-bond acceptors (Lipinski definition) is 5. The average Bonchev–Trinajstić information content (AvgIpc) is 2.84. The monoisotopic (exact) mass is 335 g/mol. The molecule has 112 valence electrons. The lowest BCUT2D eigenvalue weighted by Gasteiger charge is -2.08. The summed E-state index contributed by atoms with van der Waals surface area (Å²) in [6.45, 7) is 0. The van der Waals surface area contributed by atoms with E-state index in [0.717, 1.165) is 11.8 Å². The van der Waals surface area contributed by atoms with Gasteiger partial charge in [0.2, 0.25) is 0 Å². The molecule has 2 aromatic rings. The summed E-state index contributed by atoms with van der Waals surface area (Å²) in [5, 5.41) is 10.3. The van der Waals surface area contributed by atoms with Crippen molar-refractivity contribution in [2.75, 3.05) is 5.75 Å². The number of thiazole rings is 1. The van der Waals surface area contributed by atoms with Crippen LogP contribution in [0, 0.1) is 0 Å². The summed E-state index contributed by atoms with van der Waals surface area (Å²) in [6.07, 6.45) is -4.72. The fourth-order valence-corrected chi connectivity index (χ4v) is 2.96. The first kappa shape index (κ1) is 15.6. The Balaban J connectivity index is 2.07. The molecular weight excluding hydrogens is 327 g/mol. The minimum atomic E-state index is -4.72. The van der Waals surface area contributed by atoms with E-state index >= 15 is 0 Å². The van der Waals surface area contributed by atoms with Crippen LogP contribution in [-0.4, -0.2) is 28.2 Å².